The van der Waals surface area contributed by atoms with Crippen molar-refractivity contribution in [3.63, 3.8) is 0 Å². The van der Waals surface area contributed by atoms with Crippen molar-refractivity contribution in [2.45, 2.75) is 48.7 Å². The second-order valence-corrected chi connectivity index (χ2v) is 10.2. The summed E-state index contributed by atoms with van der Waals surface area (Å²) in [5.74, 6) is 0.128. The Morgan fingerprint density at radius 2 is 1.74 bits per heavy atom. The average molecular weight is 609 g/mol. The number of phenols is 1. The third-order valence-electron chi connectivity index (χ3n) is 7.46. The van der Waals surface area contributed by atoms with Gasteiger partial charge in [0.25, 0.3) is 0 Å². The van der Waals surface area contributed by atoms with Crippen LogP contribution < -0.4 is 19.6 Å². The summed E-state index contributed by atoms with van der Waals surface area (Å²) in [5.41, 5.74) is -1.87. The van der Waals surface area contributed by atoms with Crippen molar-refractivity contribution in [2.75, 3.05) is 34.0 Å². The van der Waals surface area contributed by atoms with Gasteiger partial charge in [-0.05, 0) is 17.7 Å². The number of phenolic OH excluding ortho intramolecular Hbond substituents is 1. The monoisotopic (exact) mass is 608 g/mol. The Kier molecular flexibility index (Phi) is 8.80. The molecule has 234 valence electrons. The van der Waals surface area contributed by atoms with Crippen LogP contribution in [0.15, 0.2) is 45.8 Å². The lowest BCUT2D eigenvalue weighted by atomic mass is 9.99. The minimum absolute atomic E-state index is 0.0406. The maximum absolute atomic E-state index is 13.2. The van der Waals surface area contributed by atoms with Gasteiger partial charge in [-0.3, -0.25) is 4.79 Å². The topological polar surface area (TPSA) is 227 Å². The Labute approximate surface area is 243 Å². The third-order valence-corrected chi connectivity index (χ3v) is 7.46. The zero-order valence-electron chi connectivity index (χ0n) is 23.0. The Balaban J connectivity index is 1.34. The van der Waals surface area contributed by atoms with Gasteiger partial charge in [-0.15, -0.1) is 0 Å². The van der Waals surface area contributed by atoms with Gasteiger partial charge in [-0.2, -0.15) is 0 Å². The normalized spacial score (nSPS) is 30.8. The molecule has 2 aliphatic heterocycles. The van der Waals surface area contributed by atoms with Gasteiger partial charge in [0.05, 0.1) is 39.6 Å². The summed E-state index contributed by atoms with van der Waals surface area (Å²) in [4.78, 5) is 13.2. The van der Waals surface area contributed by atoms with Gasteiger partial charge in [0.1, 0.15) is 64.9 Å². The molecule has 0 saturated carbocycles. The van der Waals surface area contributed by atoms with E-state index in [0.717, 1.165) is 0 Å². The van der Waals surface area contributed by atoms with Crippen LogP contribution in [0.1, 0.15) is 0 Å². The van der Waals surface area contributed by atoms with E-state index in [4.69, 9.17) is 32.8 Å². The van der Waals surface area contributed by atoms with Crippen molar-refractivity contribution >= 4 is 11.0 Å². The van der Waals surface area contributed by atoms with E-state index in [2.05, 4.69) is 0 Å². The summed E-state index contributed by atoms with van der Waals surface area (Å²) in [6.07, 6.45) is -9.61. The molecule has 0 amide bonds. The van der Waals surface area contributed by atoms with Crippen LogP contribution in [-0.2, 0) is 14.2 Å². The van der Waals surface area contributed by atoms with Gasteiger partial charge in [-0.25, -0.2) is 0 Å². The fraction of sp³-hybridized carbons (Fsp3) is 0.464. The van der Waals surface area contributed by atoms with Crippen LogP contribution in [0.2, 0.25) is 0 Å². The molecule has 0 spiro atoms. The standard InChI is InChI=1S/C28H32O15/c1-37-13-6-15(30)20-18(7-13)39-8-14(21(20)31)12-3-4-16(17(5-12)38-2)42-26-24(34)23(33)22(32)19(43-26)9-40-27-25(35)28(36,10-29)11-41-27/h3-8,19,22-27,29-30,32-36H,9-11H2,1-2H3/t19-,22-,23+,24-,25+,26-,27-,28-/m1/s1. The number of fused-ring (bicyclic) bond motifs is 1. The average Bonchev–Trinajstić information content (AvgIpc) is 3.30. The second kappa shape index (κ2) is 12.2. The molecule has 3 heterocycles. The fourth-order valence-corrected chi connectivity index (χ4v) is 4.86. The number of aliphatic hydroxyl groups is 6. The largest absolute Gasteiger partial charge is 0.507 e. The van der Waals surface area contributed by atoms with Crippen LogP contribution in [0.5, 0.6) is 23.0 Å². The molecule has 0 radical (unpaired) electrons. The van der Waals surface area contributed by atoms with Gasteiger partial charge in [0, 0.05) is 12.1 Å². The van der Waals surface area contributed by atoms with Crippen LogP contribution >= 0.6 is 0 Å². The molecule has 15 nitrogen and oxygen atoms in total. The van der Waals surface area contributed by atoms with E-state index in [1.165, 1.54) is 50.8 Å². The smallest absolute Gasteiger partial charge is 0.229 e. The highest BCUT2D eigenvalue weighted by Gasteiger charge is 2.50. The number of hydrogen-bond donors (Lipinski definition) is 7. The summed E-state index contributed by atoms with van der Waals surface area (Å²) < 4.78 is 38.1. The van der Waals surface area contributed by atoms with Crippen molar-refractivity contribution in [1.29, 1.82) is 0 Å². The summed E-state index contributed by atoms with van der Waals surface area (Å²) in [6.45, 7) is -1.63. The zero-order valence-corrected chi connectivity index (χ0v) is 23.0. The van der Waals surface area contributed by atoms with E-state index in [1.807, 2.05) is 0 Å². The van der Waals surface area contributed by atoms with Gasteiger partial charge in [0.15, 0.2) is 17.8 Å². The molecule has 15 heteroatoms. The first-order valence-electron chi connectivity index (χ1n) is 13.1. The molecular weight excluding hydrogens is 576 g/mol. The third kappa shape index (κ3) is 5.74. The first-order chi connectivity index (χ1) is 20.5. The lowest BCUT2D eigenvalue weighted by Crippen LogP contribution is -2.60. The highest BCUT2D eigenvalue weighted by Crippen LogP contribution is 2.36. The SMILES string of the molecule is COc1cc(O)c2c(=O)c(-c3ccc(O[C@@H]4O[C@H](CO[C@@H]5OC[C@](O)(CO)[C@H]5O)[C@@H](O)[C@H](O)[C@H]4O)c(OC)c3)coc2c1. The summed E-state index contributed by atoms with van der Waals surface area (Å²) in [6, 6.07) is 7.13. The fourth-order valence-electron chi connectivity index (χ4n) is 4.86. The molecule has 2 aliphatic rings. The molecular formula is C28H32O15. The van der Waals surface area contributed by atoms with E-state index in [0.29, 0.717) is 11.3 Å². The molecule has 8 atom stereocenters. The van der Waals surface area contributed by atoms with E-state index in [1.54, 1.807) is 0 Å². The number of aliphatic hydroxyl groups excluding tert-OH is 5. The van der Waals surface area contributed by atoms with Gasteiger partial charge in [0.2, 0.25) is 11.7 Å². The number of hydrogen-bond acceptors (Lipinski definition) is 15. The maximum atomic E-state index is 13.2. The zero-order chi connectivity index (χ0) is 31.1. The van der Waals surface area contributed by atoms with E-state index >= 15 is 0 Å². The van der Waals surface area contributed by atoms with Gasteiger partial charge in [-0.1, -0.05) is 6.07 Å². The van der Waals surface area contributed by atoms with Crippen molar-refractivity contribution in [1.82, 2.24) is 0 Å². The number of benzene rings is 2. The second-order valence-electron chi connectivity index (χ2n) is 10.2. The van der Waals surface area contributed by atoms with Crippen LogP contribution in [0.25, 0.3) is 22.1 Å². The molecule has 43 heavy (non-hydrogen) atoms. The molecule has 0 aliphatic carbocycles. The molecule has 3 aromatic rings. The van der Waals surface area contributed by atoms with E-state index < -0.39 is 74.0 Å². The van der Waals surface area contributed by atoms with Crippen LogP contribution in [0.4, 0.5) is 0 Å². The molecule has 5 rings (SSSR count). The number of methoxy groups -OCH3 is 2. The van der Waals surface area contributed by atoms with E-state index in [-0.39, 0.29) is 33.8 Å². The lowest BCUT2D eigenvalue weighted by Gasteiger charge is -2.40. The molecule has 0 bridgehead atoms. The van der Waals surface area contributed by atoms with Crippen molar-refractivity contribution in [3.8, 4) is 34.1 Å². The number of rotatable bonds is 9. The molecule has 2 fully saturated rings. The molecule has 2 saturated heterocycles. The molecule has 0 unspecified atom stereocenters. The van der Waals surface area contributed by atoms with Gasteiger partial charge >= 0.3 is 0 Å². The first-order valence-corrected chi connectivity index (χ1v) is 13.1. The highest BCUT2D eigenvalue weighted by atomic mass is 16.7. The first kappa shape index (κ1) is 30.9. The molecule has 1 aromatic heterocycles. The predicted octanol–water partition coefficient (Wildman–Crippen LogP) is -1.17. The highest BCUT2D eigenvalue weighted by molar-refractivity contribution is 5.88. The van der Waals surface area contributed by atoms with Gasteiger partial charge < -0.3 is 68.6 Å². The summed E-state index contributed by atoms with van der Waals surface area (Å²) in [5, 5.41) is 71.4. The van der Waals surface area contributed by atoms with Crippen LogP contribution in [0.3, 0.4) is 0 Å². The number of ether oxygens (including phenoxy) is 6. The quantitative estimate of drug-likeness (QED) is 0.152. The Bertz CT molecular complexity index is 1510. The van der Waals surface area contributed by atoms with Crippen molar-refractivity contribution in [3.05, 3.63) is 46.8 Å². The summed E-state index contributed by atoms with van der Waals surface area (Å²) >= 11 is 0. The Hall–Kier alpha value is -3.51. The Morgan fingerprint density at radius 1 is 0.977 bits per heavy atom. The predicted molar refractivity (Wildman–Crippen MR) is 144 cm³/mol. The van der Waals surface area contributed by atoms with Crippen molar-refractivity contribution < 1.29 is 68.6 Å². The van der Waals surface area contributed by atoms with Crippen LogP contribution in [0, 0.1) is 0 Å². The maximum Gasteiger partial charge on any atom is 0.229 e. The van der Waals surface area contributed by atoms with Crippen LogP contribution in [-0.4, -0.2) is 118 Å². The van der Waals surface area contributed by atoms with Crippen molar-refractivity contribution in [2.24, 2.45) is 0 Å². The molecule has 2 aromatic carbocycles. The lowest BCUT2D eigenvalue weighted by molar-refractivity contribution is -0.289. The number of aromatic hydroxyl groups is 1. The Morgan fingerprint density at radius 3 is 2.42 bits per heavy atom. The molecule has 7 N–H and O–H groups in total. The minimum Gasteiger partial charge on any atom is -0.507 e. The summed E-state index contributed by atoms with van der Waals surface area (Å²) in [7, 11) is 2.74. The van der Waals surface area contributed by atoms with E-state index in [9.17, 15) is 40.5 Å². The minimum atomic E-state index is -1.93.